The van der Waals surface area contributed by atoms with E-state index in [4.69, 9.17) is 5.73 Å². The fourth-order valence-corrected chi connectivity index (χ4v) is 2.68. The number of hydrogen-bond donors (Lipinski definition) is 2. The molecule has 2 rings (SSSR count). The van der Waals surface area contributed by atoms with E-state index in [1.165, 1.54) is 12.8 Å². The van der Waals surface area contributed by atoms with E-state index in [-0.39, 0.29) is 12.1 Å². The van der Waals surface area contributed by atoms with Gasteiger partial charge >= 0.3 is 6.03 Å². The fourth-order valence-electron chi connectivity index (χ4n) is 2.68. The zero-order chi connectivity index (χ0) is 10.7. The van der Waals surface area contributed by atoms with Gasteiger partial charge in [-0.05, 0) is 25.7 Å². The molecule has 0 aromatic rings. The SMILES string of the molecule is NCC1CCCN1C(=O)NC1CCCC1. The van der Waals surface area contributed by atoms with Crippen molar-refractivity contribution in [3.05, 3.63) is 0 Å². The molecule has 1 aliphatic carbocycles. The molecule has 3 N–H and O–H groups in total. The van der Waals surface area contributed by atoms with Crippen LogP contribution in [-0.4, -0.2) is 36.1 Å². The molecule has 1 saturated heterocycles. The number of nitrogens with zero attached hydrogens (tertiary/aromatic N) is 1. The summed E-state index contributed by atoms with van der Waals surface area (Å²) >= 11 is 0. The van der Waals surface area contributed by atoms with Crippen molar-refractivity contribution in [1.29, 1.82) is 0 Å². The molecule has 1 heterocycles. The molecule has 1 aliphatic heterocycles. The van der Waals surface area contributed by atoms with Crippen molar-refractivity contribution >= 4 is 6.03 Å². The van der Waals surface area contributed by atoms with Crippen molar-refractivity contribution in [1.82, 2.24) is 10.2 Å². The third-order valence-corrected chi connectivity index (χ3v) is 3.59. The topological polar surface area (TPSA) is 58.4 Å². The van der Waals surface area contributed by atoms with E-state index in [0.29, 0.717) is 12.6 Å². The van der Waals surface area contributed by atoms with Crippen LogP contribution in [0.3, 0.4) is 0 Å². The normalized spacial score (nSPS) is 27.3. The molecule has 0 aromatic carbocycles. The minimum atomic E-state index is 0.106. The number of rotatable bonds is 2. The van der Waals surface area contributed by atoms with Gasteiger partial charge in [0.05, 0.1) is 0 Å². The van der Waals surface area contributed by atoms with E-state index in [1.807, 2.05) is 4.90 Å². The maximum atomic E-state index is 11.9. The molecule has 1 saturated carbocycles. The second kappa shape index (κ2) is 4.84. The van der Waals surface area contributed by atoms with Gasteiger partial charge in [0, 0.05) is 25.2 Å². The third-order valence-electron chi connectivity index (χ3n) is 3.59. The van der Waals surface area contributed by atoms with Crippen molar-refractivity contribution in [2.45, 2.75) is 50.6 Å². The van der Waals surface area contributed by atoms with E-state index in [1.54, 1.807) is 0 Å². The molecule has 2 aliphatic rings. The Kier molecular flexibility index (Phi) is 3.46. The van der Waals surface area contributed by atoms with Crippen molar-refractivity contribution in [3.8, 4) is 0 Å². The molecular formula is C11H21N3O. The standard InChI is InChI=1S/C11H21N3O/c12-8-10-6-3-7-14(10)11(15)13-9-4-1-2-5-9/h9-10H,1-8,12H2,(H,13,15). The molecule has 15 heavy (non-hydrogen) atoms. The Balaban J connectivity index is 1.83. The Morgan fingerprint density at radius 3 is 2.67 bits per heavy atom. The number of likely N-dealkylation sites (tertiary alicyclic amines) is 1. The Labute approximate surface area is 91.2 Å². The number of nitrogens with one attached hydrogen (secondary N) is 1. The Morgan fingerprint density at radius 2 is 2.00 bits per heavy atom. The van der Waals surface area contributed by atoms with E-state index < -0.39 is 0 Å². The van der Waals surface area contributed by atoms with Gasteiger partial charge in [-0.3, -0.25) is 0 Å². The molecule has 1 atom stereocenters. The lowest BCUT2D eigenvalue weighted by atomic mass is 10.2. The van der Waals surface area contributed by atoms with Gasteiger partial charge in [-0.25, -0.2) is 4.79 Å². The van der Waals surface area contributed by atoms with Crippen LogP contribution in [0.1, 0.15) is 38.5 Å². The van der Waals surface area contributed by atoms with Crippen LogP contribution in [0.25, 0.3) is 0 Å². The molecule has 0 spiro atoms. The Bertz CT molecular complexity index is 226. The molecule has 0 bridgehead atoms. The van der Waals surface area contributed by atoms with Gasteiger partial charge in [0.1, 0.15) is 0 Å². The lowest BCUT2D eigenvalue weighted by Gasteiger charge is -2.25. The predicted octanol–water partition coefficient (Wildman–Crippen LogP) is 1.06. The molecule has 0 radical (unpaired) electrons. The summed E-state index contributed by atoms with van der Waals surface area (Å²) in [4.78, 5) is 13.8. The van der Waals surface area contributed by atoms with Crippen LogP contribution in [0.4, 0.5) is 4.79 Å². The molecule has 2 fully saturated rings. The summed E-state index contributed by atoms with van der Waals surface area (Å²) in [5, 5.41) is 3.12. The van der Waals surface area contributed by atoms with Crippen molar-refractivity contribution in [2.75, 3.05) is 13.1 Å². The van der Waals surface area contributed by atoms with Gasteiger partial charge in [0.15, 0.2) is 0 Å². The predicted molar refractivity (Wildman–Crippen MR) is 59.6 cm³/mol. The highest BCUT2D eigenvalue weighted by Gasteiger charge is 2.29. The van der Waals surface area contributed by atoms with Crippen LogP contribution >= 0.6 is 0 Å². The van der Waals surface area contributed by atoms with Crippen molar-refractivity contribution in [2.24, 2.45) is 5.73 Å². The van der Waals surface area contributed by atoms with Crippen LogP contribution in [0.15, 0.2) is 0 Å². The summed E-state index contributed by atoms with van der Waals surface area (Å²) in [5.74, 6) is 0. The molecule has 4 heteroatoms. The van der Waals surface area contributed by atoms with Gasteiger partial charge in [-0.2, -0.15) is 0 Å². The smallest absolute Gasteiger partial charge is 0.317 e. The number of carbonyl (C=O) groups is 1. The first-order valence-corrected chi connectivity index (χ1v) is 6.08. The van der Waals surface area contributed by atoms with E-state index in [0.717, 1.165) is 32.2 Å². The van der Waals surface area contributed by atoms with Crippen molar-refractivity contribution in [3.63, 3.8) is 0 Å². The summed E-state index contributed by atoms with van der Waals surface area (Å²) in [6, 6.07) is 0.790. The minimum absolute atomic E-state index is 0.106. The lowest BCUT2D eigenvalue weighted by Crippen LogP contribution is -2.48. The fraction of sp³-hybridized carbons (Fsp3) is 0.909. The van der Waals surface area contributed by atoms with Crippen LogP contribution in [-0.2, 0) is 0 Å². The zero-order valence-electron chi connectivity index (χ0n) is 9.24. The molecule has 86 valence electrons. The largest absolute Gasteiger partial charge is 0.335 e. The molecule has 0 aromatic heterocycles. The molecular weight excluding hydrogens is 190 g/mol. The summed E-state index contributed by atoms with van der Waals surface area (Å²) in [5.41, 5.74) is 5.65. The number of nitrogens with two attached hydrogens (primary N) is 1. The van der Waals surface area contributed by atoms with Gasteiger partial charge in [-0.15, -0.1) is 0 Å². The summed E-state index contributed by atoms with van der Waals surface area (Å²) in [6.07, 6.45) is 6.96. The van der Waals surface area contributed by atoms with Gasteiger partial charge in [0.25, 0.3) is 0 Å². The van der Waals surface area contributed by atoms with Crippen LogP contribution in [0.5, 0.6) is 0 Å². The van der Waals surface area contributed by atoms with Crippen LogP contribution in [0.2, 0.25) is 0 Å². The highest BCUT2D eigenvalue weighted by molar-refractivity contribution is 5.75. The zero-order valence-corrected chi connectivity index (χ0v) is 9.24. The molecule has 1 unspecified atom stereocenters. The van der Waals surface area contributed by atoms with E-state index in [9.17, 15) is 4.79 Å². The van der Waals surface area contributed by atoms with E-state index in [2.05, 4.69) is 5.32 Å². The second-order valence-electron chi connectivity index (χ2n) is 4.66. The van der Waals surface area contributed by atoms with Gasteiger partial charge in [-0.1, -0.05) is 12.8 Å². The summed E-state index contributed by atoms with van der Waals surface area (Å²) < 4.78 is 0. The first-order chi connectivity index (χ1) is 7.31. The van der Waals surface area contributed by atoms with Crippen molar-refractivity contribution < 1.29 is 4.79 Å². The van der Waals surface area contributed by atoms with Crippen LogP contribution < -0.4 is 11.1 Å². The number of urea groups is 1. The van der Waals surface area contributed by atoms with Gasteiger partial charge in [0.2, 0.25) is 0 Å². The highest BCUT2D eigenvalue weighted by atomic mass is 16.2. The quantitative estimate of drug-likeness (QED) is 0.717. The highest BCUT2D eigenvalue weighted by Crippen LogP contribution is 2.20. The second-order valence-corrected chi connectivity index (χ2v) is 4.66. The Morgan fingerprint density at radius 1 is 1.27 bits per heavy atom. The average Bonchev–Trinajstić information content (AvgIpc) is 2.86. The number of hydrogen-bond acceptors (Lipinski definition) is 2. The first-order valence-electron chi connectivity index (χ1n) is 6.08. The third kappa shape index (κ3) is 2.43. The first kappa shape index (κ1) is 10.7. The van der Waals surface area contributed by atoms with Gasteiger partial charge < -0.3 is 16.0 Å². The van der Waals surface area contributed by atoms with E-state index >= 15 is 0 Å². The maximum Gasteiger partial charge on any atom is 0.317 e. The maximum absolute atomic E-state index is 11.9. The number of carbonyl (C=O) groups excluding carboxylic acids is 1. The minimum Gasteiger partial charge on any atom is -0.335 e. The Hall–Kier alpha value is -0.770. The molecule has 2 amide bonds. The summed E-state index contributed by atoms with van der Waals surface area (Å²) in [7, 11) is 0. The number of amides is 2. The monoisotopic (exact) mass is 211 g/mol. The average molecular weight is 211 g/mol. The van der Waals surface area contributed by atoms with Crippen LogP contribution in [0, 0.1) is 0 Å². The summed E-state index contributed by atoms with van der Waals surface area (Å²) in [6.45, 7) is 1.47. The lowest BCUT2D eigenvalue weighted by molar-refractivity contribution is 0.190. The molecule has 4 nitrogen and oxygen atoms in total.